The van der Waals surface area contributed by atoms with Crippen molar-refractivity contribution in [3.63, 3.8) is 0 Å². The molecular weight excluding hydrogens is 532 g/mol. The van der Waals surface area contributed by atoms with Gasteiger partial charge in [0.05, 0.1) is 24.0 Å². The first-order chi connectivity index (χ1) is 20.0. The molecule has 0 aliphatic heterocycles. The summed E-state index contributed by atoms with van der Waals surface area (Å²) in [5.41, 5.74) is 9.46. The van der Waals surface area contributed by atoms with Gasteiger partial charge in [0.2, 0.25) is 0 Å². The van der Waals surface area contributed by atoms with E-state index in [-0.39, 0.29) is 27.6 Å². The molecule has 1 N–H and O–H groups in total. The molecule has 0 atom stereocenters. The molecule has 1 amide bonds. The Hall–Kier alpha value is -3.60. The van der Waals surface area contributed by atoms with Crippen LogP contribution in [0.15, 0.2) is 54.6 Å². The second-order valence-corrected chi connectivity index (χ2v) is 15.3. The molecule has 0 saturated carbocycles. The van der Waals surface area contributed by atoms with Gasteiger partial charge in [-0.05, 0) is 118 Å². The van der Waals surface area contributed by atoms with Gasteiger partial charge >= 0.3 is 5.97 Å². The Morgan fingerprint density at radius 1 is 0.651 bits per heavy atom. The first-order valence-electron chi connectivity index (χ1n) is 15.5. The van der Waals surface area contributed by atoms with E-state index in [4.69, 9.17) is 4.74 Å². The number of nitrogens with zero attached hydrogens (tertiary/aromatic N) is 1. The number of esters is 1. The van der Waals surface area contributed by atoms with Gasteiger partial charge in [-0.1, -0.05) is 61.5 Å². The van der Waals surface area contributed by atoms with E-state index in [1.54, 1.807) is 24.3 Å². The molecular formula is C38H48N2O3. The van der Waals surface area contributed by atoms with Gasteiger partial charge in [0, 0.05) is 18.3 Å². The van der Waals surface area contributed by atoms with Crippen molar-refractivity contribution in [1.82, 2.24) is 0 Å². The number of hydrogen-bond acceptors (Lipinski definition) is 4. The van der Waals surface area contributed by atoms with E-state index >= 15 is 0 Å². The zero-order valence-corrected chi connectivity index (χ0v) is 27.7. The highest BCUT2D eigenvalue weighted by molar-refractivity contribution is 6.07. The maximum Gasteiger partial charge on any atom is 0.337 e. The molecule has 0 spiro atoms. The van der Waals surface area contributed by atoms with Crippen molar-refractivity contribution in [2.75, 3.05) is 24.4 Å². The molecule has 5 heteroatoms. The number of fused-ring (bicyclic) bond motifs is 2. The fraction of sp³-hybridized carbons (Fsp3) is 0.474. The van der Waals surface area contributed by atoms with Gasteiger partial charge < -0.3 is 15.0 Å². The monoisotopic (exact) mass is 580 g/mol. The largest absolute Gasteiger partial charge is 0.465 e. The van der Waals surface area contributed by atoms with Crippen LogP contribution in [0.5, 0.6) is 0 Å². The Bertz CT molecular complexity index is 1580. The molecule has 0 unspecified atom stereocenters. The number of nitrogens with one attached hydrogen (secondary N) is 1. The summed E-state index contributed by atoms with van der Waals surface area (Å²) in [6.45, 7) is 18.7. The van der Waals surface area contributed by atoms with E-state index in [0.717, 1.165) is 36.3 Å². The third-order valence-electron chi connectivity index (χ3n) is 10.4. The molecule has 228 valence electrons. The SMILES string of the molecule is COC(=O)c1ccc(C(=O)Nc2cc3c(cc2N(C)c2ccc4c(c2)C(C)(C)CCC4(C)C)C(C)(C)CCC3(C)C)cc1. The van der Waals surface area contributed by atoms with Crippen LogP contribution in [0.3, 0.4) is 0 Å². The van der Waals surface area contributed by atoms with Gasteiger partial charge in [0.1, 0.15) is 0 Å². The zero-order valence-electron chi connectivity index (χ0n) is 27.7. The van der Waals surface area contributed by atoms with Crippen LogP contribution in [0.4, 0.5) is 17.1 Å². The molecule has 0 heterocycles. The molecule has 5 nitrogen and oxygen atoms in total. The minimum atomic E-state index is -0.424. The Balaban J connectivity index is 1.61. The van der Waals surface area contributed by atoms with E-state index in [2.05, 4.69) is 103 Å². The first kappa shape index (κ1) is 30.8. The van der Waals surface area contributed by atoms with Crippen molar-refractivity contribution >= 4 is 28.9 Å². The van der Waals surface area contributed by atoms with Crippen molar-refractivity contribution in [1.29, 1.82) is 0 Å². The molecule has 3 aromatic rings. The summed E-state index contributed by atoms with van der Waals surface area (Å²) in [7, 11) is 3.45. The maximum absolute atomic E-state index is 13.6. The average Bonchev–Trinajstić information content (AvgIpc) is 2.97. The molecule has 2 aliphatic rings. The number of ether oxygens (including phenoxy) is 1. The second-order valence-electron chi connectivity index (χ2n) is 15.3. The zero-order chi connectivity index (χ0) is 31.5. The van der Waals surface area contributed by atoms with Gasteiger partial charge in [-0.3, -0.25) is 4.79 Å². The summed E-state index contributed by atoms with van der Waals surface area (Å²) in [4.78, 5) is 27.8. The Labute approximate surface area is 258 Å². The second kappa shape index (κ2) is 10.5. The van der Waals surface area contributed by atoms with Crippen molar-refractivity contribution in [3.05, 3.63) is 88.0 Å². The van der Waals surface area contributed by atoms with E-state index in [1.165, 1.54) is 35.8 Å². The van der Waals surface area contributed by atoms with E-state index in [9.17, 15) is 9.59 Å². The normalized spacial score (nSPS) is 19.0. The third-order valence-corrected chi connectivity index (χ3v) is 10.4. The Morgan fingerprint density at radius 2 is 1.12 bits per heavy atom. The summed E-state index contributed by atoms with van der Waals surface area (Å²) in [6.07, 6.45) is 4.52. The highest BCUT2D eigenvalue weighted by atomic mass is 16.5. The fourth-order valence-electron chi connectivity index (χ4n) is 6.97. The Morgan fingerprint density at radius 3 is 1.65 bits per heavy atom. The molecule has 2 aliphatic carbocycles. The quantitative estimate of drug-likeness (QED) is 0.306. The molecule has 0 fully saturated rings. The number of hydrogen-bond donors (Lipinski definition) is 1. The van der Waals surface area contributed by atoms with Gasteiger partial charge in [-0.15, -0.1) is 0 Å². The number of carbonyl (C=O) groups excluding carboxylic acids is 2. The van der Waals surface area contributed by atoms with E-state index in [0.29, 0.717) is 11.1 Å². The number of rotatable bonds is 5. The predicted octanol–water partition coefficient (Wildman–Crippen LogP) is 9.19. The summed E-state index contributed by atoms with van der Waals surface area (Å²) >= 11 is 0. The number of methoxy groups -OCH3 is 1. The molecule has 43 heavy (non-hydrogen) atoms. The maximum atomic E-state index is 13.6. The van der Waals surface area contributed by atoms with Crippen LogP contribution in [-0.4, -0.2) is 26.0 Å². The van der Waals surface area contributed by atoms with E-state index in [1.807, 2.05) is 0 Å². The number of anilines is 3. The van der Waals surface area contributed by atoms with Gasteiger partial charge in [0.15, 0.2) is 0 Å². The number of carbonyl (C=O) groups is 2. The lowest BCUT2D eigenvalue weighted by Crippen LogP contribution is -2.35. The lowest BCUT2D eigenvalue weighted by molar-refractivity contribution is 0.0600. The first-order valence-corrected chi connectivity index (χ1v) is 15.5. The van der Waals surface area contributed by atoms with Gasteiger partial charge in [-0.2, -0.15) is 0 Å². The number of benzene rings is 3. The summed E-state index contributed by atoms with van der Waals surface area (Å²) in [5.74, 6) is -0.640. The van der Waals surface area contributed by atoms with Crippen LogP contribution in [-0.2, 0) is 26.4 Å². The van der Waals surface area contributed by atoms with Crippen molar-refractivity contribution in [2.24, 2.45) is 0 Å². The lowest BCUT2D eigenvalue weighted by atomic mass is 9.63. The summed E-state index contributed by atoms with van der Waals surface area (Å²) in [6, 6.07) is 18.0. The number of amides is 1. The van der Waals surface area contributed by atoms with Crippen LogP contribution in [0.25, 0.3) is 0 Å². The lowest BCUT2D eigenvalue weighted by Gasteiger charge is -2.43. The van der Waals surface area contributed by atoms with Crippen molar-refractivity contribution in [2.45, 2.75) is 103 Å². The van der Waals surface area contributed by atoms with Gasteiger partial charge in [-0.25, -0.2) is 4.79 Å². The standard InChI is InChI=1S/C38H48N2O3/c1-35(2)17-18-36(3,4)28-21-26(15-16-27(28)35)40(9)32-23-30-29(37(5,6)19-20-38(30,7)8)22-31(32)39-33(41)24-11-13-25(14-12-24)34(42)43-10/h11-16,21-23H,17-20H2,1-10H3,(H,39,41). The molecule has 5 rings (SSSR count). The molecule has 0 saturated heterocycles. The van der Waals surface area contributed by atoms with Crippen LogP contribution < -0.4 is 10.2 Å². The summed E-state index contributed by atoms with van der Waals surface area (Å²) < 4.78 is 4.82. The van der Waals surface area contributed by atoms with Gasteiger partial charge in [0.25, 0.3) is 5.91 Å². The Kier molecular flexibility index (Phi) is 7.56. The van der Waals surface area contributed by atoms with E-state index < -0.39 is 5.97 Å². The third kappa shape index (κ3) is 5.59. The van der Waals surface area contributed by atoms with Crippen molar-refractivity contribution in [3.8, 4) is 0 Å². The average molecular weight is 581 g/mol. The predicted molar refractivity (Wildman–Crippen MR) is 177 cm³/mol. The molecule has 0 radical (unpaired) electrons. The fourth-order valence-corrected chi connectivity index (χ4v) is 6.97. The molecule has 0 bridgehead atoms. The minimum absolute atomic E-state index is 0.00891. The van der Waals surface area contributed by atoms with Crippen molar-refractivity contribution < 1.29 is 14.3 Å². The topological polar surface area (TPSA) is 58.6 Å². The van der Waals surface area contributed by atoms with Crippen LogP contribution in [0, 0.1) is 0 Å². The van der Waals surface area contributed by atoms with Crippen LogP contribution in [0.2, 0.25) is 0 Å². The molecule has 0 aromatic heterocycles. The minimum Gasteiger partial charge on any atom is -0.465 e. The van der Waals surface area contributed by atoms with Crippen LogP contribution in [0.1, 0.15) is 124 Å². The smallest absolute Gasteiger partial charge is 0.337 e. The highest BCUT2D eigenvalue weighted by Gasteiger charge is 2.39. The highest BCUT2D eigenvalue weighted by Crippen LogP contribution is 2.51. The van der Waals surface area contributed by atoms with Crippen LogP contribution >= 0.6 is 0 Å². The molecule has 3 aromatic carbocycles. The summed E-state index contributed by atoms with van der Waals surface area (Å²) in [5, 5.41) is 3.25.